The Morgan fingerprint density at radius 3 is 2.88 bits per heavy atom. The molecule has 5 nitrogen and oxygen atoms in total. The van der Waals surface area contributed by atoms with Gasteiger partial charge in [0.25, 0.3) is 5.91 Å². The van der Waals surface area contributed by atoms with Crippen LogP contribution in [-0.2, 0) is 0 Å². The number of carbonyl (C=O) groups is 1. The topological polar surface area (TPSA) is 51.7 Å². The molecule has 0 radical (unpaired) electrons. The lowest BCUT2D eigenvalue weighted by molar-refractivity contribution is 0.0767. The Bertz CT molecular complexity index is 717. The minimum atomic E-state index is -0.0255. The molecular weight excluding hydrogens is 304 g/mol. The maximum Gasteiger partial charge on any atom is 0.257 e. The maximum absolute atomic E-state index is 12.8. The number of rotatable bonds is 5. The van der Waals surface area contributed by atoms with E-state index in [2.05, 4.69) is 4.98 Å². The molecule has 1 aromatic carbocycles. The van der Waals surface area contributed by atoms with E-state index in [0.29, 0.717) is 36.9 Å². The van der Waals surface area contributed by atoms with Crippen LogP contribution in [0, 0.1) is 6.92 Å². The minimum Gasteiger partial charge on any atom is -0.493 e. The Morgan fingerprint density at radius 2 is 2.08 bits per heavy atom. The van der Waals surface area contributed by atoms with Gasteiger partial charge in [-0.25, -0.2) is 4.98 Å². The summed E-state index contributed by atoms with van der Waals surface area (Å²) in [4.78, 5) is 18.9. The molecule has 5 heteroatoms. The standard InChI is InChI=1S/C19H22N2O3/c1-3-23-17-9-5-4-8-16(17)19(22)21-12-11-15(13-21)24-18-10-6-7-14(2)20-18/h4-10,15H,3,11-13H2,1-2H3. The van der Waals surface area contributed by atoms with E-state index in [1.165, 1.54) is 0 Å². The van der Waals surface area contributed by atoms with Gasteiger partial charge >= 0.3 is 0 Å². The van der Waals surface area contributed by atoms with E-state index in [4.69, 9.17) is 9.47 Å². The third kappa shape index (κ3) is 3.67. The largest absolute Gasteiger partial charge is 0.493 e. The number of carbonyl (C=O) groups excluding carboxylic acids is 1. The highest BCUT2D eigenvalue weighted by molar-refractivity contribution is 5.97. The minimum absolute atomic E-state index is 0.0117. The van der Waals surface area contributed by atoms with E-state index in [0.717, 1.165) is 12.1 Å². The molecule has 3 rings (SSSR count). The van der Waals surface area contributed by atoms with Crippen molar-refractivity contribution >= 4 is 5.91 Å². The molecule has 24 heavy (non-hydrogen) atoms. The monoisotopic (exact) mass is 326 g/mol. The highest BCUT2D eigenvalue weighted by Crippen LogP contribution is 2.23. The van der Waals surface area contributed by atoms with Crippen LogP contribution in [0.1, 0.15) is 29.4 Å². The number of para-hydroxylation sites is 1. The Balaban J connectivity index is 1.66. The predicted octanol–water partition coefficient (Wildman–Crippen LogP) is 3.08. The molecule has 1 amide bonds. The molecule has 1 fully saturated rings. The second kappa shape index (κ2) is 7.34. The summed E-state index contributed by atoms with van der Waals surface area (Å²) in [5.41, 5.74) is 1.53. The van der Waals surface area contributed by atoms with Gasteiger partial charge in [0.1, 0.15) is 11.9 Å². The molecule has 1 aliphatic heterocycles. The van der Waals surface area contributed by atoms with Gasteiger partial charge in [0.15, 0.2) is 0 Å². The molecule has 2 aromatic rings. The summed E-state index contributed by atoms with van der Waals surface area (Å²) >= 11 is 0. The summed E-state index contributed by atoms with van der Waals surface area (Å²) in [5.74, 6) is 1.24. The van der Waals surface area contributed by atoms with Crippen LogP contribution >= 0.6 is 0 Å². The lowest BCUT2D eigenvalue weighted by Crippen LogP contribution is -2.31. The van der Waals surface area contributed by atoms with Gasteiger partial charge in [-0.1, -0.05) is 18.2 Å². The lowest BCUT2D eigenvalue weighted by atomic mass is 10.2. The lowest BCUT2D eigenvalue weighted by Gasteiger charge is -2.18. The van der Waals surface area contributed by atoms with Gasteiger partial charge in [0.2, 0.25) is 5.88 Å². The van der Waals surface area contributed by atoms with E-state index in [1.807, 2.05) is 61.2 Å². The van der Waals surface area contributed by atoms with Gasteiger partial charge < -0.3 is 14.4 Å². The number of nitrogens with zero attached hydrogens (tertiary/aromatic N) is 2. The average molecular weight is 326 g/mol. The smallest absolute Gasteiger partial charge is 0.257 e. The number of benzene rings is 1. The van der Waals surface area contributed by atoms with E-state index >= 15 is 0 Å². The molecule has 1 aliphatic rings. The van der Waals surface area contributed by atoms with Crippen LogP contribution < -0.4 is 9.47 Å². The quantitative estimate of drug-likeness (QED) is 0.847. The average Bonchev–Trinajstić information content (AvgIpc) is 3.03. The summed E-state index contributed by atoms with van der Waals surface area (Å²) in [6, 6.07) is 13.1. The summed E-state index contributed by atoms with van der Waals surface area (Å²) in [5, 5.41) is 0. The molecule has 126 valence electrons. The molecule has 0 spiro atoms. The zero-order valence-corrected chi connectivity index (χ0v) is 14.1. The fourth-order valence-electron chi connectivity index (χ4n) is 2.86. The van der Waals surface area contributed by atoms with Crippen LogP contribution in [0.15, 0.2) is 42.5 Å². The van der Waals surface area contributed by atoms with E-state index in [9.17, 15) is 4.79 Å². The molecule has 0 bridgehead atoms. The number of hydrogen-bond acceptors (Lipinski definition) is 4. The number of hydrogen-bond donors (Lipinski definition) is 0. The Kier molecular flexibility index (Phi) is 4.99. The summed E-state index contributed by atoms with van der Waals surface area (Å²) in [7, 11) is 0. The van der Waals surface area contributed by atoms with Crippen molar-refractivity contribution in [1.82, 2.24) is 9.88 Å². The zero-order valence-electron chi connectivity index (χ0n) is 14.1. The third-order valence-corrected chi connectivity index (χ3v) is 4.00. The van der Waals surface area contributed by atoms with Crippen LogP contribution in [-0.4, -0.2) is 41.6 Å². The van der Waals surface area contributed by atoms with Crippen molar-refractivity contribution in [2.24, 2.45) is 0 Å². The van der Waals surface area contributed by atoms with E-state index in [-0.39, 0.29) is 12.0 Å². The van der Waals surface area contributed by atoms with Crippen molar-refractivity contribution in [2.75, 3.05) is 19.7 Å². The van der Waals surface area contributed by atoms with Crippen LogP contribution in [0.3, 0.4) is 0 Å². The van der Waals surface area contributed by atoms with Crippen molar-refractivity contribution in [3.8, 4) is 11.6 Å². The van der Waals surface area contributed by atoms with Crippen LogP contribution in [0.2, 0.25) is 0 Å². The first-order valence-corrected chi connectivity index (χ1v) is 8.28. The van der Waals surface area contributed by atoms with Gasteiger partial charge in [0.05, 0.1) is 18.7 Å². The summed E-state index contributed by atoms with van der Waals surface area (Å²) in [6.45, 7) is 5.62. The normalized spacial score (nSPS) is 16.9. The highest BCUT2D eigenvalue weighted by atomic mass is 16.5. The molecule has 1 unspecified atom stereocenters. The van der Waals surface area contributed by atoms with Crippen LogP contribution in [0.25, 0.3) is 0 Å². The second-order valence-corrected chi connectivity index (χ2v) is 5.83. The number of likely N-dealkylation sites (tertiary alicyclic amines) is 1. The number of aryl methyl sites for hydroxylation is 1. The van der Waals surface area contributed by atoms with Crippen molar-refractivity contribution in [2.45, 2.75) is 26.4 Å². The second-order valence-electron chi connectivity index (χ2n) is 5.83. The van der Waals surface area contributed by atoms with Gasteiger partial charge in [-0.15, -0.1) is 0 Å². The fourth-order valence-corrected chi connectivity index (χ4v) is 2.86. The molecule has 2 heterocycles. The Morgan fingerprint density at radius 1 is 1.25 bits per heavy atom. The maximum atomic E-state index is 12.8. The molecule has 0 N–H and O–H groups in total. The van der Waals surface area contributed by atoms with E-state index < -0.39 is 0 Å². The first kappa shape index (κ1) is 16.3. The van der Waals surface area contributed by atoms with Crippen LogP contribution in [0.5, 0.6) is 11.6 Å². The molecule has 1 saturated heterocycles. The Labute approximate surface area is 142 Å². The molecule has 0 saturated carbocycles. The molecular formula is C19H22N2O3. The van der Waals surface area contributed by atoms with Gasteiger partial charge in [-0.2, -0.15) is 0 Å². The third-order valence-electron chi connectivity index (χ3n) is 4.00. The number of pyridine rings is 1. The van der Waals surface area contributed by atoms with Crippen molar-refractivity contribution in [1.29, 1.82) is 0 Å². The predicted molar refractivity (Wildman–Crippen MR) is 91.5 cm³/mol. The van der Waals surface area contributed by atoms with Crippen molar-refractivity contribution in [3.05, 3.63) is 53.7 Å². The number of aromatic nitrogens is 1. The fraction of sp³-hybridized carbons (Fsp3) is 0.368. The van der Waals surface area contributed by atoms with Gasteiger partial charge in [-0.05, 0) is 32.0 Å². The first-order valence-electron chi connectivity index (χ1n) is 8.28. The summed E-state index contributed by atoms with van der Waals surface area (Å²) in [6.07, 6.45) is 0.778. The molecule has 1 aromatic heterocycles. The summed E-state index contributed by atoms with van der Waals surface area (Å²) < 4.78 is 11.5. The van der Waals surface area contributed by atoms with Crippen molar-refractivity contribution < 1.29 is 14.3 Å². The SMILES string of the molecule is CCOc1ccccc1C(=O)N1CCC(Oc2cccc(C)n2)C1. The number of amides is 1. The van der Waals surface area contributed by atoms with E-state index in [1.54, 1.807) is 0 Å². The molecule has 0 aliphatic carbocycles. The van der Waals surface area contributed by atoms with Crippen molar-refractivity contribution in [3.63, 3.8) is 0 Å². The number of ether oxygens (including phenoxy) is 2. The zero-order chi connectivity index (χ0) is 16.9. The highest BCUT2D eigenvalue weighted by Gasteiger charge is 2.29. The van der Waals surface area contributed by atoms with Crippen LogP contribution in [0.4, 0.5) is 0 Å². The van der Waals surface area contributed by atoms with Gasteiger partial charge in [-0.3, -0.25) is 4.79 Å². The first-order chi connectivity index (χ1) is 11.7. The molecule has 1 atom stereocenters. The Hall–Kier alpha value is -2.56. The van der Waals surface area contributed by atoms with Gasteiger partial charge in [0, 0.05) is 24.7 Å².